The highest BCUT2D eigenvalue weighted by molar-refractivity contribution is 7.89. The van der Waals surface area contributed by atoms with Crippen LogP contribution in [0.5, 0.6) is 0 Å². The van der Waals surface area contributed by atoms with E-state index in [9.17, 15) is 35.2 Å². The van der Waals surface area contributed by atoms with Crippen LogP contribution < -0.4 is 5.32 Å². The van der Waals surface area contributed by atoms with Gasteiger partial charge in [0.25, 0.3) is 0 Å². The minimum atomic E-state index is -4.59. The van der Waals surface area contributed by atoms with Gasteiger partial charge in [0.15, 0.2) is 0 Å². The summed E-state index contributed by atoms with van der Waals surface area (Å²) >= 11 is 0. The zero-order valence-corrected chi connectivity index (χ0v) is 19.1. The molecule has 3 aromatic rings. The Hall–Kier alpha value is -3.52. The molecule has 4 rings (SSSR count). The number of hydrogen-bond donors (Lipinski definition) is 1. The summed E-state index contributed by atoms with van der Waals surface area (Å²) in [5, 5.41) is 2.44. The number of alkyl halides is 4. The second-order valence-corrected chi connectivity index (χ2v) is 9.75. The molecule has 190 valence electrons. The van der Waals surface area contributed by atoms with E-state index in [-0.39, 0.29) is 41.4 Å². The molecule has 0 saturated carbocycles. The third kappa shape index (κ3) is 5.33. The SMILES string of the molecule is O=C(NCc1cc(-c2ccc(C(F)(F)F)nc2)ncn1)[C@@H]1[C@@H](F)CCN1S(=O)(=O)c1ccc(F)cc1. The molecule has 1 aliphatic rings. The van der Waals surface area contributed by atoms with Crippen molar-refractivity contribution >= 4 is 15.9 Å². The smallest absolute Gasteiger partial charge is 0.349 e. The van der Waals surface area contributed by atoms with E-state index in [1.807, 2.05) is 0 Å². The molecule has 1 fully saturated rings. The predicted octanol–water partition coefficient (Wildman–Crippen LogP) is 3.11. The Morgan fingerprint density at radius 2 is 1.81 bits per heavy atom. The molecule has 3 heterocycles. The van der Waals surface area contributed by atoms with Crippen molar-refractivity contribution in [2.75, 3.05) is 6.54 Å². The molecular formula is C22H18F5N5O3S. The van der Waals surface area contributed by atoms with Crippen molar-refractivity contribution in [3.8, 4) is 11.3 Å². The van der Waals surface area contributed by atoms with Crippen molar-refractivity contribution in [2.45, 2.75) is 36.3 Å². The number of carbonyl (C=O) groups excluding carboxylic acids is 1. The fourth-order valence-corrected chi connectivity index (χ4v) is 5.31. The maximum atomic E-state index is 14.6. The zero-order chi connectivity index (χ0) is 26.1. The van der Waals surface area contributed by atoms with Gasteiger partial charge in [-0.15, -0.1) is 0 Å². The van der Waals surface area contributed by atoms with Gasteiger partial charge in [-0.1, -0.05) is 0 Å². The number of halogens is 5. The molecule has 0 unspecified atom stereocenters. The summed E-state index contributed by atoms with van der Waals surface area (Å²) in [6.45, 7) is -0.465. The van der Waals surface area contributed by atoms with E-state index in [0.717, 1.165) is 47.2 Å². The summed E-state index contributed by atoms with van der Waals surface area (Å²) in [6.07, 6.45) is -4.42. The topological polar surface area (TPSA) is 105 Å². The van der Waals surface area contributed by atoms with Crippen LogP contribution in [-0.2, 0) is 27.5 Å². The Morgan fingerprint density at radius 3 is 2.44 bits per heavy atom. The molecule has 8 nitrogen and oxygen atoms in total. The van der Waals surface area contributed by atoms with E-state index in [2.05, 4.69) is 20.3 Å². The van der Waals surface area contributed by atoms with E-state index in [0.29, 0.717) is 0 Å². The Balaban J connectivity index is 1.47. The van der Waals surface area contributed by atoms with Crippen LogP contribution in [0.15, 0.2) is 59.9 Å². The fraction of sp³-hybridized carbons (Fsp3) is 0.273. The maximum absolute atomic E-state index is 14.6. The molecule has 0 aliphatic carbocycles. The molecule has 1 aromatic carbocycles. The fourth-order valence-electron chi connectivity index (χ4n) is 3.68. The normalized spacial score (nSPS) is 18.8. The van der Waals surface area contributed by atoms with Gasteiger partial charge in [0.1, 0.15) is 30.1 Å². The van der Waals surface area contributed by atoms with Gasteiger partial charge in [0.2, 0.25) is 15.9 Å². The van der Waals surface area contributed by atoms with Gasteiger partial charge in [-0.25, -0.2) is 27.2 Å². The minimum absolute atomic E-state index is 0.197. The van der Waals surface area contributed by atoms with Crippen LogP contribution in [0.1, 0.15) is 17.8 Å². The number of nitrogens with one attached hydrogen (secondary N) is 1. The summed E-state index contributed by atoms with van der Waals surface area (Å²) in [5.74, 6) is -1.55. The number of sulfonamides is 1. The number of rotatable bonds is 6. The number of aromatic nitrogens is 3. The average Bonchev–Trinajstić information content (AvgIpc) is 3.25. The number of amides is 1. The van der Waals surface area contributed by atoms with E-state index in [4.69, 9.17) is 0 Å². The average molecular weight is 527 g/mol. The zero-order valence-electron chi connectivity index (χ0n) is 18.3. The molecule has 14 heteroatoms. The highest BCUT2D eigenvalue weighted by Crippen LogP contribution is 2.30. The third-order valence-electron chi connectivity index (χ3n) is 5.48. The first-order valence-electron chi connectivity index (χ1n) is 10.5. The summed E-state index contributed by atoms with van der Waals surface area (Å²) < 4.78 is 92.5. The summed E-state index contributed by atoms with van der Waals surface area (Å²) in [7, 11) is -4.27. The quantitative estimate of drug-likeness (QED) is 0.494. The number of benzene rings is 1. The lowest BCUT2D eigenvalue weighted by molar-refractivity contribution is -0.141. The summed E-state index contributed by atoms with van der Waals surface area (Å²) in [6, 6.07) is 5.71. The highest BCUT2D eigenvalue weighted by atomic mass is 32.2. The van der Waals surface area contributed by atoms with Gasteiger partial charge >= 0.3 is 6.18 Å². The lowest BCUT2D eigenvalue weighted by atomic mass is 10.1. The van der Waals surface area contributed by atoms with Crippen molar-refractivity contribution in [3.05, 3.63) is 72.2 Å². The largest absolute Gasteiger partial charge is 0.433 e. The van der Waals surface area contributed by atoms with Gasteiger partial charge in [-0.3, -0.25) is 9.78 Å². The Labute approximate surface area is 202 Å². The van der Waals surface area contributed by atoms with Crippen LogP contribution in [0.25, 0.3) is 11.3 Å². The lowest BCUT2D eigenvalue weighted by Crippen LogP contribution is -2.49. The van der Waals surface area contributed by atoms with Crippen molar-refractivity contribution in [2.24, 2.45) is 0 Å². The number of pyridine rings is 1. The summed E-state index contributed by atoms with van der Waals surface area (Å²) in [5.41, 5.74) is -0.311. The lowest BCUT2D eigenvalue weighted by Gasteiger charge is -2.24. The minimum Gasteiger partial charge on any atom is -0.349 e. The van der Waals surface area contributed by atoms with Crippen LogP contribution in [0.2, 0.25) is 0 Å². The first kappa shape index (κ1) is 25.6. The second-order valence-electron chi connectivity index (χ2n) is 7.86. The van der Waals surface area contributed by atoms with Crippen LogP contribution in [0.4, 0.5) is 22.0 Å². The van der Waals surface area contributed by atoms with Crippen LogP contribution in [-0.4, -0.2) is 52.3 Å². The van der Waals surface area contributed by atoms with E-state index < -0.39 is 45.8 Å². The molecule has 1 saturated heterocycles. The molecule has 2 atom stereocenters. The van der Waals surface area contributed by atoms with E-state index >= 15 is 0 Å². The molecular weight excluding hydrogens is 509 g/mol. The van der Waals surface area contributed by atoms with Crippen molar-refractivity contribution in [1.82, 2.24) is 24.6 Å². The van der Waals surface area contributed by atoms with Crippen LogP contribution in [0, 0.1) is 5.82 Å². The first-order chi connectivity index (χ1) is 17.0. The van der Waals surface area contributed by atoms with Crippen molar-refractivity contribution in [3.63, 3.8) is 0 Å². The second kappa shape index (κ2) is 9.85. The monoisotopic (exact) mass is 527 g/mol. The Morgan fingerprint density at radius 1 is 1.08 bits per heavy atom. The molecule has 1 amide bonds. The van der Waals surface area contributed by atoms with E-state index in [1.165, 1.54) is 12.1 Å². The van der Waals surface area contributed by atoms with Gasteiger partial charge < -0.3 is 5.32 Å². The first-order valence-corrected chi connectivity index (χ1v) is 11.9. The van der Waals surface area contributed by atoms with Crippen LogP contribution >= 0.6 is 0 Å². The standard InChI is InChI=1S/C22H18F5N5O3S/c23-14-2-4-16(5-3-14)36(34,35)32-8-7-17(24)20(32)21(33)29-11-15-9-18(31-12-30-15)13-1-6-19(28-10-13)22(25,26)27/h1-6,9-10,12,17,20H,7-8,11H2,(H,29,33)/t17-,20-/m0/s1. The molecule has 0 bridgehead atoms. The van der Waals surface area contributed by atoms with Gasteiger partial charge in [-0.05, 0) is 48.9 Å². The predicted molar refractivity (Wildman–Crippen MR) is 116 cm³/mol. The maximum Gasteiger partial charge on any atom is 0.433 e. The molecule has 2 aromatic heterocycles. The highest BCUT2D eigenvalue weighted by Gasteiger charge is 2.46. The molecule has 0 spiro atoms. The Kier molecular flexibility index (Phi) is 7.00. The van der Waals surface area contributed by atoms with Gasteiger partial charge in [0, 0.05) is 18.3 Å². The van der Waals surface area contributed by atoms with E-state index in [1.54, 1.807) is 0 Å². The molecule has 1 N–H and O–H groups in total. The molecule has 0 radical (unpaired) electrons. The third-order valence-corrected chi connectivity index (χ3v) is 7.38. The number of nitrogens with zero attached hydrogens (tertiary/aromatic N) is 4. The van der Waals surface area contributed by atoms with Crippen molar-refractivity contribution < 1.29 is 35.2 Å². The number of carbonyl (C=O) groups is 1. The Bertz CT molecular complexity index is 1350. The van der Waals surface area contributed by atoms with Gasteiger partial charge in [0.05, 0.1) is 22.8 Å². The van der Waals surface area contributed by atoms with Crippen LogP contribution in [0.3, 0.4) is 0 Å². The van der Waals surface area contributed by atoms with Crippen molar-refractivity contribution in [1.29, 1.82) is 0 Å². The number of hydrogen-bond acceptors (Lipinski definition) is 6. The summed E-state index contributed by atoms with van der Waals surface area (Å²) in [4.78, 5) is 23.8. The van der Waals surface area contributed by atoms with Gasteiger partial charge in [-0.2, -0.15) is 17.5 Å². The molecule has 1 aliphatic heterocycles. The molecule has 36 heavy (non-hydrogen) atoms.